The molecule has 0 aromatic heterocycles. The van der Waals surface area contributed by atoms with Gasteiger partial charge in [-0.25, -0.2) is 4.79 Å². The number of amides is 1. The molecule has 2 aromatic rings. The highest BCUT2D eigenvalue weighted by Gasteiger charge is 2.60. The van der Waals surface area contributed by atoms with Gasteiger partial charge in [-0.15, -0.1) is 0 Å². The summed E-state index contributed by atoms with van der Waals surface area (Å²) in [6.45, 7) is 6.27. The number of fused-ring (bicyclic) bond motifs is 1. The largest absolute Gasteiger partial charge is 0.464 e. The van der Waals surface area contributed by atoms with Crippen molar-refractivity contribution in [3.05, 3.63) is 47.2 Å². The molecule has 3 aliphatic heterocycles. The highest BCUT2D eigenvalue weighted by Crippen LogP contribution is 2.51. The number of carbonyl (C=O) groups excluding carboxylic acids is 2. The van der Waals surface area contributed by atoms with Crippen LogP contribution in [0.2, 0.25) is 0 Å². The fraction of sp³-hybridized carbons (Fsp3) is 0.391. The number of hydrogen-bond acceptors (Lipinski definition) is 6. The van der Waals surface area contributed by atoms with Crippen molar-refractivity contribution < 1.29 is 19.4 Å². The number of aliphatic hydroxyl groups is 1. The number of β-lactam (4-membered cyclic amide) rings is 1. The number of hydrogen-bond donors (Lipinski definition) is 1. The molecule has 1 N–H and O–H groups in total. The van der Waals surface area contributed by atoms with Crippen LogP contribution in [0.1, 0.15) is 19.4 Å². The first kappa shape index (κ1) is 19.5. The summed E-state index contributed by atoms with van der Waals surface area (Å²) < 4.78 is 7.22. The zero-order valence-electron chi connectivity index (χ0n) is 17.4. The van der Waals surface area contributed by atoms with Gasteiger partial charge in [0.25, 0.3) is 0 Å². The first-order chi connectivity index (χ1) is 14.3. The SMILES string of the molecule is COC(=O)C1=C(CN2Sc3cc(C)cc4cccc2c34)C(C)C2C(C(C)O)C(=O)N12. The molecule has 0 radical (unpaired) electrons. The summed E-state index contributed by atoms with van der Waals surface area (Å²) in [6, 6.07) is 10.4. The molecule has 156 valence electrons. The molecule has 0 spiro atoms. The zero-order valence-corrected chi connectivity index (χ0v) is 18.2. The van der Waals surface area contributed by atoms with Gasteiger partial charge in [0, 0.05) is 16.2 Å². The molecule has 7 heteroatoms. The number of esters is 1. The standard InChI is InChI=1S/C23H24N2O4S/c1-11-8-14-6-5-7-16-19(14)17(9-11)30-24(16)10-15-12(2)20-18(13(3)26)22(27)25(20)21(15)23(28)29-4/h5-9,12-13,18,20,26H,10H2,1-4H3. The van der Waals surface area contributed by atoms with Gasteiger partial charge in [-0.3, -0.25) is 4.79 Å². The molecule has 5 rings (SSSR count). The Bertz CT molecular complexity index is 1130. The van der Waals surface area contributed by atoms with Crippen LogP contribution in [0.25, 0.3) is 10.8 Å². The lowest BCUT2D eigenvalue weighted by Gasteiger charge is -2.46. The molecule has 3 aliphatic rings. The van der Waals surface area contributed by atoms with E-state index in [0.717, 1.165) is 11.3 Å². The van der Waals surface area contributed by atoms with Crippen LogP contribution in [0, 0.1) is 18.8 Å². The molecule has 1 fully saturated rings. The van der Waals surface area contributed by atoms with Crippen LogP contribution in [0.4, 0.5) is 5.69 Å². The Labute approximate surface area is 179 Å². The second-order valence-electron chi connectivity index (χ2n) is 8.39. The van der Waals surface area contributed by atoms with Crippen LogP contribution in [-0.2, 0) is 14.3 Å². The van der Waals surface area contributed by atoms with Crippen LogP contribution in [0.15, 0.2) is 46.5 Å². The summed E-state index contributed by atoms with van der Waals surface area (Å²) in [5.74, 6) is -1.21. The van der Waals surface area contributed by atoms with E-state index in [2.05, 4.69) is 35.5 Å². The van der Waals surface area contributed by atoms with E-state index in [-0.39, 0.29) is 17.9 Å². The topological polar surface area (TPSA) is 70.1 Å². The fourth-order valence-corrected chi connectivity index (χ4v) is 6.42. The van der Waals surface area contributed by atoms with Crippen molar-refractivity contribution in [2.45, 2.75) is 37.8 Å². The van der Waals surface area contributed by atoms with E-state index in [4.69, 9.17) is 4.74 Å². The number of rotatable bonds is 4. The van der Waals surface area contributed by atoms with Crippen molar-refractivity contribution in [1.82, 2.24) is 4.90 Å². The van der Waals surface area contributed by atoms with E-state index in [9.17, 15) is 14.7 Å². The van der Waals surface area contributed by atoms with Gasteiger partial charge in [-0.2, -0.15) is 0 Å². The number of benzene rings is 2. The maximum atomic E-state index is 12.7. The fourth-order valence-electron chi connectivity index (χ4n) is 5.17. The number of aliphatic hydroxyl groups excluding tert-OH is 1. The van der Waals surface area contributed by atoms with Crippen molar-refractivity contribution >= 4 is 40.3 Å². The van der Waals surface area contributed by atoms with E-state index in [0.29, 0.717) is 12.2 Å². The summed E-state index contributed by atoms with van der Waals surface area (Å²) in [7, 11) is 1.34. The Hall–Kier alpha value is -2.51. The molecule has 4 unspecified atom stereocenters. The number of aryl methyl sites for hydroxylation is 1. The Morgan fingerprint density at radius 1 is 1.33 bits per heavy atom. The molecule has 1 saturated heterocycles. The van der Waals surface area contributed by atoms with E-state index in [1.54, 1.807) is 23.8 Å². The minimum Gasteiger partial charge on any atom is -0.464 e. The van der Waals surface area contributed by atoms with E-state index < -0.39 is 18.0 Å². The molecule has 30 heavy (non-hydrogen) atoms. The van der Waals surface area contributed by atoms with Crippen LogP contribution in [-0.4, -0.2) is 47.7 Å². The maximum absolute atomic E-state index is 12.7. The normalized spacial score (nSPS) is 25.6. The lowest BCUT2D eigenvalue weighted by atomic mass is 9.78. The Balaban J connectivity index is 1.54. The molecule has 6 nitrogen and oxygen atoms in total. The highest BCUT2D eigenvalue weighted by atomic mass is 32.2. The second kappa shape index (κ2) is 6.75. The van der Waals surface area contributed by atoms with Gasteiger partial charge < -0.3 is 19.0 Å². The van der Waals surface area contributed by atoms with E-state index in [1.807, 2.05) is 13.0 Å². The summed E-state index contributed by atoms with van der Waals surface area (Å²) in [5, 5.41) is 12.5. The predicted molar refractivity (Wildman–Crippen MR) is 116 cm³/mol. The number of methoxy groups -OCH3 is 1. The molecular weight excluding hydrogens is 400 g/mol. The quantitative estimate of drug-likeness (QED) is 0.462. The van der Waals surface area contributed by atoms with E-state index >= 15 is 0 Å². The summed E-state index contributed by atoms with van der Waals surface area (Å²) in [5.41, 5.74) is 3.56. The van der Waals surface area contributed by atoms with Crippen molar-refractivity contribution in [2.24, 2.45) is 11.8 Å². The third kappa shape index (κ3) is 2.55. The molecule has 0 aliphatic carbocycles. The smallest absolute Gasteiger partial charge is 0.354 e. The number of carbonyl (C=O) groups is 2. The average Bonchev–Trinajstić information content (AvgIpc) is 3.16. The molecule has 3 heterocycles. The van der Waals surface area contributed by atoms with E-state index in [1.165, 1.54) is 28.3 Å². The zero-order chi connectivity index (χ0) is 21.3. The summed E-state index contributed by atoms with van der Waals surface area (Å²) in [6.07, 6.45) is -0.749. The Morgan fingerprint density at radius 3 is 2.80 bits per heavy atom. The molecule has 1 amide bonds. The van der Waals surface area contributed by atoms with Crippen molar-refractivity contribution in [1.29, 1.82) is 0 Å². The second-order valence-corrected chi connectivity index (χ2v) is 9.45. The van der Waals surface area contributed by atoms with Crippen molar-refractivity contribution in [2.75, 3.05) is 18.0 Å². The summed E-state index contributed by atoms with van der Waals surface area (Å²) in [4.78, 5) is 28.1. The van der Waals surface area contributed by atoms with Crippen LogP contribution < -0.4 is 4.31 Å². The summed E-state index contributed by atoms with van der Waals surface area (Å²) >= 11 is 1.66. The predicted octanol–water partition coefficient (Wildman–Crippen LogP) is 3.26. The third-order valence-electron chi connectivity index (χ3n) is 6.55. The van der Waals surface area contributed by atoms with Crippen LogP contribution in [0.3, 0.4) is 0 Å². The minimum absolute atomic E-state index is 0.0401. The molecule has 0 bridgehead atoms. The van der Waals surface area contributed by atoms with Gasteiger partial charge in [0.1, 0.15) is 5.70 Å². The minimum atomic E-state index is -0.749. The van der Waals surface area contributed by atoms with Crippen molar-refractivity contribution in [3.8, 4) is 0 Å². The average molecular weight is 425 g/mol. The third-order valence-corrected chi connectivity index (χ3v) is 7.61. The van der Waals surface area contributed by atoms with Crippen LogP contribution >= 0.6 is 11.9 Å². The van der Waals surface area contributed by atoms with Crippen LogP contribution in [0.5, 0.6) is 0 Å². The lowest BCUT2D eigenvalue weighted by molar-refractivity contribution is -0.163. The molecule has 4 atom stereocenters. The van der Waals surface area contributed by atoms with Gasteiger partial charge in [0.15, 0.2) is 0 Å². The van der Waals surface area contributed by atoms with Crippen molar-refractivity contribution in [3.63, 3.8) is 0 Å². The lowest BCUT2D eigenvalue weighted by Crippen LogP contribution is -2.63. The van der Waals surface area contributed by atoms with Gasteiger partial charge in [0.05, 0.1) is 37.4 Å². The Morgan fingerprint density at radius 2 is 2.10 bits per heavy atom. The number of ether oxygens (including phenoxy) is 1. The number of nitrogens with zero attached hydrogens (tertiary/aromatic N) is 2. The first-order valence-corrected chi connectivity index (χ1v) is 10.9. The maximum Gasteiger partial charge on any atom is 0.354 e. The molecule has 0 saturated carbocycles. The van der Waals surface area contributed by atoms with Gasteiger partial charge in [-0.1, -0.05) is 25.1 Å². The highest BCUT2D eigenvalue weighted by molar-refractivity contribution is 8.01. The Kier molecular flexibility index (Phi) is 4.38. The monoisotopic (exact) mass is 424 g/mol. The molecular formula is C23H24N2O4S. The molecule has 2 aromatic carbocycles. The number of anilines is 1. The van der Waals surface area contributed by atoms with Gasteiger partial charge in [-0.05, 0) is 54.5 Å². The first-order valence-electron chi connectivity index (χ1n) is 10.1. The van der Waals surface area contributed by atoms with Gasteiger partial charge >= 0.3 is 5.97 Å². The van der Waals surface area contributed by atoms with Gasteiger partial charge in [0.2, 0.25) is 5.91 Å².